The zero-order valence-electron chi connectivity index (χ0n) is 13.1. The fourth-order valence-electron chi connectivity index (χ4n) is 2.51. The minimum atomic E-state index is -0.206. The highest BCUT2D eigenvalue weighted by atomic mass is 16.6. The fourth-order valence-corrected chi connectivity index (χ4v) is 2.51. The fraction of sp³-hybridized carbons (Fsp3) is 0.500. The van der Waals surface area contributed by atoms with Gasteiger partial charge in [-0.3, -0.25) is 9.78 Å². The average molecular weight is 306 g/mol. The number of nitrogens with zero attached hydrogens (tertiary/aromatic N) is 2. The molecule has 0 aromatic carbocycles. The van der Waals surface area contributed by atoms with Crippen molar-refractivity contribution in [1.82, 2.24) is 9.88 Å². The van der Waals surface area contributed by atoms with E-state index >= 15 is 0 Å². The van der Waals surface area contributed by atoms with Gasteiger partial charge in [0.05, 0.1) is 19.3 Å². The van der Waals surface area contributed by atoms with Crippen LogP contribution in [-0.4, -0.2) is 68.5 Å². The number of methoxy groups -OCH3 is 2. The van der Waals surface area contributed by atoms with E-state index in [1.54, 1.807) is 50.7 Å². The monoisotopic (exact) mass is 306 g/mol. The second-order valence-corrected chi connectivity index (χ2v) is 5.14. The van der Waals surface area contributed by atoms with E-state index in [1.165, 1.54) is 0 Å². The Kier molecular flexibility index (Phi) is 6.06. The Bertz CT molecular complexity index is 506. The normalized spacial score (nSPS) is 25.3. The molecule has 1 saturated heterocycles. The van der Waals surface area contributed by atoms with E-state index in [0.717, 1.165) is 5.56 Å². The quantitative estimate of drug-likeness (QED) is 0.759. The predicted molar refractivity (Wildman–Crippen MR) is 82.2 cm³/mol. The van der Waals surface area contributed by atoms with Crippen LogP contribution in [0.25, 0.3) is 6.08 Å². The van der Waals surface area contributed by atoms with Crippen LogP contribution in [0.15, 0.2) is 30.6 Å². The lowest BCUT2D eigenvalue weighted by atomic mass is 10.0. The summed E-state index contributed by atoms with van der Waals surface area (Å²) in [6.45, 7) is 0.907. The zero-order valence-corrected chi connectivity index (χ0v) is 13.1. The first-order valence-electron chi connectivity index (χ1n) is 7.15. The first-order valence-corrected chi connectivity index (χ1v) is 7.15. The van der Waals surface area contributed by atoms with Crippen LogP contribution in [0, 0.1) is 0 Å². The Labute approximate surface area is 130 Å². The predicted octanol–water partition coefficient (Wildman–Crippen LogP) is 0.982. The lowest BCUT2D eigenvalue weighted by Gasteiger charge is -2.40. The Balaban J connectivity index is 2.04. The summed E-state index contributed by atoms with van der Waals surface area (Å²) in [5.74, 6) is -0.107. The Morgan fingerprint density at radius 2 is 2.05 bits per heavy atom. The molecule has 0 saturated carbocycles. The molecular weight excluding hydrogens is 284 g/mol. The standard InChI is InChI=1S/C16H22N2O4/c1-18(13-10-22-11-14(20-2)16(13)21-3)15(19)5-4-12-6-8-17-9-7-12/h4-9,13-14,16H,10-11H2,1-3H3/b5-4+/t13-,14-,16+/m1/s1. The van der Waals surface area contributed by atoms with Crippen LogP contribution in [-0.2, 0) is 19.0 Å². The van der Waals surface area contributed by atoms with Gasteiger partial charge in [0.25, 0.3) is 0 Å². The molecule has 1 aliphatic heterocycles. The van der Waals surface area contributed by atoms with Crippen molar-refractivity contribution in [3.8, 4) is 0 Å². The van der Waals surface area contributed by atoms with Gasteiger partial charge in [-0.2, -0.15) is 0 Å². The number of carbonyl (C=O) groups is 1. The number of ether oxygens (including phenoxy) is 3. The number of rotatable bonds is 5. The van der Waals surface area contributed by atoms with E-state index in [4.69, 9.17) is 14.2 Å². The minimum absolute atomic E-state index is 0.107. The van der Waals surface area contributed by atoms with Gasteiger partial charge in [-0.05, 0) is 23.8 Å². The second-order valence-electron chi connectivity index (χ2n) is 5.14. The smallest absolute Gasteiger partial charge is 0.246 e. The van der Waals surface area contributed by atoms with Gasteiger partial charge in [-0.1, -0.05) is 0 Å². The minimum Gasteiger partial charge on any atom is -0.376 e. The number of hydrogen-bond donors (Lipinski definition) is 0. The van der Waals surface area contributed by atoms with Crippen molar-refractivity contribution < 1.29 is 19.0 Å². The van der Waals surface area contributed by atoms with E-state index in [2.05, 4.69) is 4.98 Å². The molecule has 2 rings (SSSR count). The molecule has 0 spiro atoms. The van der Waals surface area contributed by atoms with E-state index < -0.39 is 0 Å². The first-order chi connectivity index (χ1) is 10.7. The van der Waals surface area contributed by atoms with Crippen LogP contribution in [0.3, 0.4) is 0 Å². The van der Waals surface area contributed by atoms with E-state index in [-0.39, 0.29) is 24.2 Å². The van der Waals surface area contributed by atoms with Crippen molar-refractivity contribution >= 4 is 12.0 Å². The van der Waals surface area contributed by atoms with Gasteiger partial charge in [0, 0.05) is 39.7 Å². The zero-order chi connectivity index (χ0) is 15.9. The SMILES string of the molecule is CO[C@H]1[C@H](N(C)C(=O)/C=C/c2ccncc2)COC[C@H]1OC. The third-order valence-electron chi connectivity index (χ3n) is 3.86. The van der Waals surface area contributed by atoms with Gasteiger partial charge >= 0.3 is 0 Å². The third-order valence-corrected chi connectivity index (χ3v) is 3.86. The van der Waals surface area contributed by atoms with Crippen LogP contribution >= 0.6 is 0 Å². The number of hydrogen-bond acceptors (Lipinski definition) is 5. The number of amides is 1. The van der Waals surface area contributed by atoms with E-state index in [1.807, 2.05) is 12.1 Å². The van der Waals surface area contributed by atoms with Gasteiger partial charge in [-0.25, -0.2) is 0 Å². The number of pyridine rings is 1. The molecular formula is C16H22N2O4. The van der Waals surface area contributed by atoms with Crippen LogP contribution in [0.4, 0.5) is 0 Å². The van der Waals surface area contributed by atoms with Crippen LogP contribution in [0.5, 0.6) is 0 Å². The lowest BCUT2D eigenvalue weighted by molar-refractivity contribution is -0.161. The van der Waals surface area contributed by atoms with E-state index in [0.29, 0.717) is 13.2 Å². The summed E-state index contributed by atoms with van der Waals surface area (Å²) in [4.78, 5) is 17.9. The number of aromatic nitrogens is 1. The second kappa shape index (κ2) is 8.03. The average Bonchev–Trinajstić information content (AvgIpc) is 2.59. The molecule has 0 bridgehead atoms. The molecule has 6 heteroatoms. The summed E-state index contributed by atoms with van der Waals surface area (Å²) in [5.41, 5.74) is 0.926. The summed E-state index contributed by atoms with van der Waals surface area (Å²) >= 11 is 0. The molecule has 0 unspecified atom stereocenters. The Morgan fingerprint density at radius 3 is 2.68 bits per heavy atom. The molecule has 3 atom stereocenters. The Morgan fingerprint density at radius 1 is 1.32 bits per heavy atom. The van der Waals surface area contributed by atoms with Crippen molar-refractivity contribution in [3.63, 3.8) is 0 Å². The van der Waals surface area contributed by atoms with Gasteiger partial charge in [0.15, 0.2) is 0 Å². The lowest BCUT2D eigenvalue weighted by Crippen LogP contribution is -2.57. The van der Waals surface area contributed by atoms with Crippen molar-refractivity contribution in [2.45, 2.75) is 18.2 Å². The number of likely N-dealkylation sites (N-methyl/N-ethyl adjacent to an activating group) is 1. The van der Waals surface area contributed by atoms with Crippen LogP contribution in [0.2, 0.25) is 0 Å². The molecule has 6 nitrogen and oxygen atoms in total. The molecule has 120 valence electrons. The maximum atomic E-state index is 12.3. The topological polar surface area (TPSA) is 60.9 Å². The largest absolute Gasteiger partial charge is 0.376 e. The third kappa shape index (κ3) is 3.91. The summed E-state index contributed by atoms with van der Waals surface area (Å²) < 4.78 is 16.4. The Hall–Kier alpha value is -1.76. The molecule has 1 amide bonds. The molecule has 1 aromatic rings. The summed E-state index contributed by atoms with van der Waals surface area (Å²) in [6, 6.07) is 3.50. The van der Waals surface area contributed by atoms with Gasteiger partial charge in [0.2, 0.25) is 5.91 Å². The highest BCUT2D eigenvalue weighted by Gasteiger charge is 2.38. The molecule has 2 heterocycles. The first kappa shape index (κ1) is 16.6. The molecule has 1 fully saturated rings. The highest BCUT2D eigenvalue weighted by Crippen LogP contribution is 2.19. The van der Waals surface area contributed by atoms with Crippen LogP contribution in [0.1, 0.15) is 5.56 Å². The van der Waals surface area contributed by atoms with Gasteiger partial charge in [0.1, 0.15) is 12.2 Å². The van der Waals surface area contributed by atoms with Gasteiger partial charge < -0.3 is 19.1 Å². The van der Waals surface area contributed by atoms with Crippen molar-refractivity contribution in [1.29, 1.82) is 0 Å². The summed E-state index contributed by atoms with van der Waals surface area (Å²) in [7, 11) is 4.99. The van der Waals surface area contributed by atoms with Crippen molar-refractivity contribution in [2.24, 2.45) is 0 Å². The molecule has 1 aliphatic rings. The highest BCUT2D eigenvalue weighted by molar-refractivity contribution is 5.91. The maximum Gasteiger partial charge on any atom is 0.246 e. The summed E-state index contributed by atoms with van der Waals surface area (Å²) in [6.07, 6.45) is 6.29. The number of carbonyl (C=O) groups excluding carboxylic acids is 1. The maximum absolute atomic E-state index is 12.3. The molecule has 0 aliphatic carbocycles. The van der Waals surface area contributed by atoms with Gasteiger partial charge in [-0.15, -0.1) is 0 Å². The van der Waals surface area contributed by atoms with Crippen LogP contribution < -0.4 is 0 Å². The summed E-state index contributed by atoms with van der Waals surface area (Å²) in [5, 5.41) is 0. The molecule has 0 radical (unpaired) electrons. The van der Waals surface area contributed by atoms with E-state index in [9.17, 15) is 4.79 Å². The van der Waals surface area contributed by atoms with Crippen molar-refractivity contribution in [2.75, 3.05) is 34.5 Å². The molecule has 22 heavy (non-hydrogen) atoms. The molecule has 0 N–H and O–H groups in total. The molecule has 1 aromatic heterocycles. The van der Waals surface area contributed by atoms with Crippen molar-refractivity contribution in [3.05, 3.63) is 36.2 Å².